The van der Waals surface area contributed by atoms with Gasteiger partial charge in [-0.05, 0) is 24.3 Å². The molecule has 2 heterocycles. The van der Waals surface area contributed by atoms with Gasteiger partial charge < -0.3 is 14.0 Å². The van der Waals surface area contributed by atoms with Crippen LogP contribution in [0, 0.1) is 5.82 Å². The van der Waals surface area contributed by atoms with Crippen molar-refractivity contribution in [2.75, 3.05) is 13.2 Å². The number of hydrogen-bond donors (Lipinski definition) is 0. The molecule has 0 bridgehead atoms. The minimum Gasteiger partial charge on any atom is -0.493 e. The fourth-order valence-corrected chi connectivity index (χ4v) is 2.82. The minimum atomic E-state index is -0.466. The molecule has 0 radical (unpaired) electrons. The Hall–Kier alpha value is -3.43. The van der Waals surface area contributed by atoms with Crippen LogP contribution in [0.25, 0.3) is 11.2 Å². The fourth-order valence-electron chi connectivity index (χ4n) is 2.82. The third-order valence-electron chi connectivity index (χ3n) is 4.41. The number of imidazole rings is 1. The van der Waals surface area contributed by atoms with E-state index in [1.54, 1.807) is 0 Å². The molecule has 0 N–H and O–H groups in total. The molecule has 0 spiro atoms. The van der Waals surface area contributed by atoms with E-state index >= 15 is 0 Å². The summed E-state index contributed by atoms with van der Waals surface area (Å²) >= 11 is 0. The van der Waals surface area contributed by atoms with Crippen molar-refractivity contribution in [1.29, 1.82) is 0 Å². The molecule has 0 aliphatic carbocycles. The highest BCUT2D eigenvalue weighted by Gasteiger charge is 2.15. The van der Waals surface area contributed by atoms with Gasteiger partial charge in [-0.25, -0.2) is 14.2 Å². The highest BCUT2D eigenvalue weighted by Crippen LogP contribution is 2.11. The molecule has 154 valence electrons. The maximum absolute atomic E-state index is 12.8. The van der Waals surface area contributed by atoms with Crippen LogP contribution in [-0.4, -0.2) is 37.9 Å². The largest absolute Gasteiger partial charge is 0.493 e. The third-order valence-corrected chi connectivity index (χ3v) is 4.41. The number of hydrogen-bond acceptors (Lipinski definition) is 6. The smallest absolute Gasteiger partial charge is 0.332 e. The molecule has 0 aliphatic heterocycles. The zero-order chi connectivity index (χ0) is 21.0. The van der Waals surface area contributed by atoms with Crippen LogP contribution in [0.5, 0.6) is 5.75 Å². The zero-order valence-corrected chi connectivity index (χ0v) is 16.1. The Morgan fingerprint density at radius 3 is 2.55 bits per heavy atom. The summed E-state index contributed by atoms with van der Waals surface area (Å²) in [5.74, 6) is -0.215. The lowest BCUT2D eigenvalue weighted by Crippen LogP contribution is -2.37. The van der Waals surface area contributed by atoms with E-state index in [9.17, 15) is 18.8 Å². The Kier molecular flexibility index (Phi) is 6.10. The van der Waals surface area contributed by atoms with Crippen molar-refractivity contribution in [2.24, 2.45) is 14.1 Å². The first-order valence-electron chi connectivity index (χ1n) is 9.03. The molecule has 0 amide bonds. The topological polar surface area (TPSA) is 97.3 Å². The van der Waals surface area contributed by atoms with E-state index in [1.807, 2.05) is 0 Å². The van der Waals surface area contributed by atoms with E-state index in [-0.39, 0.29) is 36.6 Å². The van der Waals surface area contributed by atoms with Crippen LogP contribution in [0.1, 0.15) is 12.8 Å². The molecular weight excluding hydrogens is 383 g/mol. The molecule has 9 nitrogen and oxygen atoms in total. The van der Waals surface area contributed by atoms with Gasteiger partial charge in [0.25, 0.3) is 5.56 Å². The van der Waals surface area contributed by atoms with Gasteiger partial charge in [0.2, 0.25) is 0 Å². The molecule has 2 aromatic heterocycles. The Labute approximate surface area is 164 Å². The summed E-state index contributed by atoms with van der Waals surface area (Å²) in [6.45, 7) is 0.713. The van der Waals surface area contributed by atoms with Crippen LogP contribution in [0.3, 0.4) is 0 Å². The summed E-state index contributed by atoms with van der Waals surface area (Å²) in [5, 5.41) is 0. The molecule has 3 rings (SSSR count). The summed E-state index contributed by atoms with van der Waals surface area (Å²) in [4.78, 5) is 40.3. The van der Waals surface area contributed by atoms with Crippen LogP contribution >= 0.6 is 0 Å². The number of ether oxygens (including phenoxy) is 2. The van der Waals surface area contributed by atoms with Gasteiger partial charge in [0.05, 0.1) is 26.0 Å². The number of carbonyl (C=O) groups is 1. The third kappa shape index (κ3) is 4.53. The standard InChI is InChI=1S/C19H21FN4O5/c1-22-17-16(18(26)23(2)19(22)27)24(12-21-17)9-8-15(25)29-11-3-10-28-14-6-4-13(20)5-7-14/h4-7,12H,3,8-11H2,1-2H3. The molecule has 0 unspecified atom stereocenters. The van der Waals surface area contributed by atoms with Crippen LogP contribution in [0.15, 0.2) is 40.2 Å². The van der Waals surface area contributed by atoms with Crippen LogP contribution in [-0.2, 0) is 30.2 Å². The van der Waals surface area contributed by atoms with E-state index in [0.29, 0.717) is 18.8 Å². The predicted molar refractivity (Wildman–Crippen MR) is 102 cm³/mol. The van der Waals surface area contributed by atoms with Crippen LogP contribution < -0.4 is 16.0 Å². The van der Waals surface area contributed by atoms with E-state index < -0.39 is 17.2 Å². The summed E-state index contributed by atoms with van der Waals surface area (Å²) in [5.41, 5.74) is -0.401. The number of aryl methyl sites for hydroxylation is 2. The van der Waals surface area contributed by atoms with E-state index in [4.69, 9.17) is 9.47 Å². The number of aromatic nitrogens is 4. The predicted octanol–water partition coefficient (Wildman–Crippen LogP) is 0.975. The van der Waals surface area contributed by atoms with Gasteiger partial charge in [-0.1, -0.05) is 0 Å². The monoisotopic (exact) mass is 404 g/mol. The van der Waals surface area contributed by atoms with Crippen molar-refractivity contribution >= 4 is 17.1 Å². The molecule has 10 heteroatoms. The number of benzene rings is 1. The Bertz CT molecular complexity index is 1130. The zero-order valence-electron chi connectivity index (χ0n) is 16.1. The molecule has 0 saturated heterocycles. The maximum atomic E-state index is 12.8. The van der Waals surface area contributed by atoms with Crippen LogP contribution in [0.4, 0.5) is 4.39 Å². The number of carbonyl (C=O) groups excluding carboxylic acids is 1. The normalized spacial score (nSPS) is 11.0. The van der Waals surface area contributed by atoms with Gasteiger partial charge in [0.1, 0.15) is 11.6 Å². The van der Waals surface area contributed by atoms with Crippen molar-refractivity contribution in [3.8, 4) is 5.75 Å². The van der Waals surface area contributed by atoms with Crippen molar-refractivity contribution in [3.05, 3.63) is 57.2 Å². The molecule has 0 aliphatic rings. The lowest BCUT2D eigenvalue weighted by molar-refractivity contribution is -0.144. The summed E-state index contributed by atoms with van der Waals surface area (Å²) in [6.07, 6.45) is 1.96. The van der Waals surface area contributed by atoms with Gasteiger partial charge >= 0.3 is 11.7 Å². The second-order valence-corrected chi connectivity index (χ2v) is 6.44. The first-order valence-corrected chi connectivity index (χ1v) is 9.03. The summed E-state index contributed by atoms with van der Waals surface area (Å²) in [6, 6.07) is 5.66. The van der Waals surface area contributed by atoms with Gasteiger partial charge in [0.15, 0.2) is 11.2 Å². The number of rotatable bonds is 8. The van der Waals surface area contributed by atoms with E-state index in [2.05, 4.69) is 4.98 Å². The summed E-state index contributed by atoms with van der Waals surface area (Å²) < 4.78 is 27.2. The summed E-state index contributed by atoms with van der Waals surface area (Å²) in [7, 11) is 2.92. The highest BCUT2D eigenvalue weighted by atomic mass is 19.1. The average Bonchev–Trinajstić information content (AvgIpc) is 3.14. The number of esters is 1. The second-order valence-electron chi connectivity index (χ2n) is 6.44. The minimum absolute atomic E-state index is 0.0519. The van der Waals surface area contributed by atoms with Crippen molar-refractivity contribution in [3.63, 3.8) is 0 Å². The lowest BCUT2D eigenvalue weighted by Gasteiger charge is -2.08. The Morgan fingerprint density at radius 1 is 1.10 bits per heavy atom. The Balaban J connectivity index is 1.48. The average molecular weight is 404 g/mol. The fraction of sp³-hybridized carbons (Fsp3) is 0.368. The van der Waals surface area contributed by atoms with Gasteiger partial charge in [-0.2, -0.15) is 0 Å². The molecular formula is C19H21FN4O5. The van der Waals surface area contributed by atoms with E-state index in [0.717, 1.165) is 4.57 Å². The van der Waals surface area contributed by atoms with Crippen LogP contribution in [0.2, 0.25) is 0 Å². The molecule has 1 aromatic carbocycles. The maximum Gasteiger partial charge on any atom is 0.332 e. The first-order chi connectivity index (χ1) is 13.9. The molecule has 3 aromatic rings. The van der Waals surface area contributed by atoms with Gasteiger partial charge in [-0.3, -0.25) is 18.7 Å². The number of fused-ring (bicyclic) bond motifs is 1. The SMILES string of the molecule is Cn1c(=O)c2c(ncn2CCC(=O)OCCCOc2ccc(F)cc2)n(C)c1=O. The quantitative estimate of drug-likeness (QED) is 0.410. The highest BCUT2D eigenvalue weighted by molar-refractivity contribution is 5.71. The number of nitrogens with zero attached hydrogens (tertiary/aromatic N) is 4. The van der Waals surface area contributed by atoms with Crippen molar-refractivity contribution < 1.29 is 18.7 Å². The van der Waals surface area contributed by atoms with E-state index in [1.165, 1.54) is 53.8 Å². The van der Waals surface area contributed by atoms with Gasteiger partial charge in [-0.15, -0.1) is 0 Å². The lowest BCUT2D eigenvalue weighted by atomic mass is 10.3. The molecule has 0 saturated carbocycles. The molecule has 0 fully saturated rings. The first kappa shape index (κ1) is 20.3. The Morgan fingerprint density at radius 2 is 1.83 bits per heavy atom. The molecule has 0 atom stereocenters. The number of halogens is 1. The van der Waals surface area contributed by atoms with Gasteiger partial charge in [0, 0.05) is 27.1 Å². The van der Waals surface area contributed by atoms with Crippen molar-refractivity contribution in [1.82, 2.24) is 18.7 Å². The van der Waals surface area contributed by atoms with Crippen molar-refractivity contribution in [2.45, 2.75) is 19.4 Å². The second kappa shape index (κ2) is 8.72. The molecule has 29 heavy (non-hydrogen) atoms.